The van der Waals surface area contributed by atoms with Gasteiger partial charge in [-0.15, -0.1) is 0 Å². The lowest BCUT2D eigenvalue weighted by Gasteiger charge is -2.30. The largest absolute Gasteiger partial charge is 0.352 e. The van der Waals surface area contributed by atoms with Gasteiger partial charge in [0.2, 0.25) is 17.7 Å². The topological polar surface area (TPSA) is 126 Å². The molecule has 1 saturated carbocycles. The number of rotatable bonds is 9. The monoisotopic (exact) mass is 455 g/mol. The van der Waals surface area contributed by atoms with E-state index in [4.69, 9.17) is 4.52 Å². The highest BCUT2D eigenvalue weighted by Crippen LogP contribution is 2.34. The van der Waals surface area contributed by atoms with Crippen LogP contribution in [0.4, 0.5) is 0 Å². The van der Waals surface area contributed by atoms with Gasteiger partial charge in [-0.1, -0.05) is 43.0 Å². The molecule has 1 aliphatic rings. The maximum absolute atomic E-state index is 12.3. The summed E-state index contributed by atoms with van der Waals surface area (Å²) in [4.78, 5) is 40.7. The molecule has 2 aromatic rings. The van der Waals surface area contributed by atoms with Gasteiger partial charge in [0.25, 0.3) is 5.91 Å². The third-order valence-corrected chi connectivity index (χ3v) is 5.85. The van der Waals surface area contributed by atoms with Crippen molar-refractivity contribution in [2.75, 3.05) is 6.54 Å². The third kappa shape index (κ3) is 6.87. The lowest BCUT2D eigenvalue weighted by atomic mass is 9.89. The number of amides is 3. The van der Waals surface area contributed by atoms with E-state index in [1.54, 1.807) is 18.2 Å². The molecule has 1 aliphatic carbocycles. The second kappa shape index (κ2) is 11.6. The van der Waals surface area contributed by atoms with Crippen molar-refractivity contribution in [3.05, 3.63) is 47.1 Å². The second-order valence-electron chi connectivity index (χ2n) is 8.53. The van der Waals surface area contributed by atoms with Crippen LogP contribution in [0.25, 0.3) is 0 Å². The second-order valence-corrected chi connectivity index (χ2v) is 8.53. The summed E-state index contributed by atoms with van der Waals surface area (Å²) in [6, 6.07) is 7.17. The van der Waals surface area contributed by atoms with Crippen LogP contribution in [0.5, 0.6) is 0 Å². The molecule has 0 bridgehead atoms. The van der Waals surface area contributed by atoms with Crippen LogP contribution in [0.2, 0.25) is 0 Å². The summed E-state index contributed by atoms with van der Waals surface area (Å²) >= 11 is 0. The van der Waals surface area contributed by atoms with Crippen LogP contribution in [0.3, 0.4) is 0 Å². The molecule has 0 unspecified atom stereocenters. The van der Waals surface area contributed by atoms with E-state index >= 15 is 0 Å². The van der Waals surface area contributed by atoms with Crippen LogP contribution < -0.4 is 16.0 Å². The van der Waals surface area contributed by atoms with E-state index in [1.807, 2.05) is 13.0 Å². The minimum absolute atomic E-state index is 0.112. The molecule has 1 fully saturated rings. The molecule has 178 valence electrons. The van der Waals surface area contributed by atoms with E-state index in [9.17, 15) is 14.4 Å². The fourth-order valence-electron chi connectivity index (χ4n) is 4.22. The molecule has 0 atom stereocenters. The first-order valence-corrected chi connectivity index (χ1v) is 11.7. The fraction of sp³-hybridized carbons (Fsp3) is 0.542. The van der Waals surface area contributed by atoms with Gasteiger partial charge in [-0.2, -0.15) is 4.98 Å². The number of aryl methyl sites for hydroxylation is 1. The molecule has 1 aromatic carbocycles. The number of carbonyl (C=O) groups is 3. The van der Waals surface area contributed by atoms with Gasteiger partial charge in [-0.05, 0) is 37.5 Å². The fourth-order valence-corrected chi connectivity index (χ4v) is 4.22. The zero-order valence-corrected chi connectivity index (χ0v) is 19.4. The van der Waals surface area contributed by atoms with Gasteiger partial charge in [-0.3, -0.25) is 14.4 Å². The highest BCUT2D eigenvalue weighted by Gasteiger charge is 2.38. The number of carbonyl (C=O) groups excluding carboxylic acids is 3. The van der Waals surface area contributed by atoms with Crippen molar-refractivity contribution < 1.29 is 18.9 Å². The van der Waals surface area contributed by atoms with E-state index in [0.717, 1.165) is 44.1 Å². The van der Waals surface area contributed by atoms with Gasteiger partial charge in [-0.25, -0.2) is 0 Å². The van der Waals surface area contributed by atoms with Gasteiger partial charge in [0.1, 0.15) is 5.54 Å². The van der Waals surface area contributed by atoms with Crippen LogP contribution in [0, 0.1) is 0 Å². The zero-order valence-electron chi connectivity index (χ0n) is 19.4. The molecule has 0 radical (unpaired) electrons. The number of hydrogen-bond acceptors (Lipinski definition) is 6. The van der Waals surface area contributed by atoms with Crippen LogP contribution in [-0.4, -0.2) is 34.4 Å². The summed E-state index contributed by atoms with van der Waals surface area (Å²) in [5, 5.41) is 12.8. The summed E-state index contributed by atoms with van der Waals surface area (Å²) in [5.41, 5.74) is 0.813. The number of nitrogens with zero attached hydrogens (tertiary/aromatic N) is 2. The lowest BCUT2D eigenvalue weighted by molar-refractivity contribution is -0.122. The number of benzene rings is 1. The van der Waals surface area contributed by atoms with Crippen LogP contribution in [-0.2, 0) is 28.1 Å². The average molecular weight is 456 g/mol. The molecular formula is C24H33N5O4. The van der Waals surface area contributed by atoms with Gasteiger partial charge < -0.3 is 20.5 Å². The summed E-state index contributed by atoms with van der Waals surface area (Å²) in [5.74, 6) is 0.483. The van der Waals surface area contributed by atoms with Crippen LogP contribution in [0.15, 0.2) is 28.8 Å². The van der Waals surface area contributed by atoms with Crippen LogP contribution in [0.1, 0.15) is 86.4 Å². The molecule has 3 N–H and O–H groups in total. The highest BCUT2D eigenvalue weighted by molar-refractivity contribution is 5.94. The molecule has 3 rings (SSSR count). The Kier molecular flexibility index (Phi) is 8.57. The van der Waals surface area contributed by atoms with E-state index in [-0.39, 0.29) is 24.1 Å². The highest BCUT2D eigenvalue weighted by atomic mass is 16.5. The maximum atomic E-state index is 12.3. The molecule has 0 spiro atoms. The molecule has 0 aliphatic heterocycles. The summed E-state index contributed by atoms with van der Waals surface area (Å²) in [6.45, 7) is 4.25. The van der Waals surface area contributed by atoms with E-state index < -0.39 is 5.54 Å². The van der Waals surface area contributed by atoms with Gasteiger partial charge in [0, 0.05) is 38.4 Å². The summed E-state index contributed by atoms with van der Waals surface area (Å²) < 4.78 is 5.41. The van der Waals surface area contributed by atoms with Gasteiger partial charge in [0.15, 0.2) is 5.82 Å². The Morgan fingerprint density at radius 3 is 2.55 bits per heavy atom. The van der Waals surface area contributed by atoms with Crippen molar-refractivity contribution in [3.63, 3.8) is 0 Å². The SMILES string of the molecule is CCNC(=O)c1cccc(CNC(=O)CCc2nc(C3(NC(C)=O)CCCCCC3)no2)c1. The van der Waals surface area contributed by atoms with Gasteiger partial charge in [0.05, 0.1) is 0 Å². The van der Waals surface area contributed by atoms with Crippen molar-refractivity contribution in [2.24, 2.45) is 0 Å². The molecule has 0 saturated heterocycles. The normalized spacial score (nSPS) is 15.3. The first-order chi connectivity index (χ1) is 15.9. The Morgan fingerprint density at radius 1 is 1.09 bits per heavy atom. The summed E-state index contributed by atoms with van der Waals surface area (Å²) in [6.07, 6.45) is 6.31. The Morgan fingerprint density at radius 2 is 1.85 bits per heavy atom. The minimum atomic E-state index is -0.596. The predicted octanol–water partition coefficient (Wildman–Crippen LogP) is 2.75. The number of hydrogen-bond donors (Lipinski definition) is 3. The Bertz CT molecular complexity index is 963. The zero-order chi connectivity index (χ0) is 23.7. The number of nitrogens with one attached hydrogen (secondary N) is 3. The Balaban J connectivity index is 1.54. The summed E-state index contributed by atoms with van der Waals surface area (Å²) in [7, 11) is 0. The van der Waals surface area contributed by atoms with Gasteiger partial charge >= 0.3 is 0 Å². The van der Waals surface area contributed by atoms with Crippen LogP contribution >= 0.6 is 0 Å². The number of aromatic nitrogens is 2. The molecular weight excluding hydrogens is 422 g/mol. The van der Waals surface area contributed by atoms with Crippen molar-refractivity contribution >= 4 is 17.7 Å². The molecule has 33 heavy (non-hydrogen) atoms. The first kappa shape index (κ1) is 24.4. The molecule has 1 heterocycles. The Hall–Kier alpha value is -3.23. The predicted molar refractivity (Wildman–Crippen MR) is 122 cm³/mol. The van der Waals surface area contributed by atoms with Crippen molar-refractivity contribution in [1.82, 2.24) is 26.1 Å². The molecule has 9 heteroatoms. The maximum Gasteiger partial charge on any atom is 0.251 e. The Labute approximate surface area is 194 Å². The molecule has 9 nitrogen and oxygen atoms in total. The van der Waals surface area contributed by atoms with Crippen molar-refractivity contribution in [2.45, 2.75) is 77.3 Å². The lowest BCUT2D eigenvalue weighted by Crippen LogP contribution is -2.45. The van der Waals surface area contributed by atoms with E-state index in [1.165, 1.54) is 6.92 Å². The van der Waals surface area contributed by atoms with E-state index in [2.05, 4.69) is 26.1 Å². The third-order valence-electron chi connectivity index (χ3n) is 5.85. The smallest absolute Gasteiger partial charge is 0.251 e. The minimum Gasteiger partial charge on any atom is -0.352 e. The first-order valence-electron chi connectivity index (χ1n) is 11.7. The van der Waals surface area contributed by atoms with E-state index in [0.29, 0.717) is 36.8 Å². The molecule has 1 aromatic heterocycles. The standard InChI is InChI=1S/C24H33N5O4/c1-3-25-22(32)19-10-8-9-18(15-19)16-26-20(31)11-12-21-27-23(29-33-21)24(28-17(2)30)13-6-4-5-7-14-24/h8-10,15H,3-7,11-14,16H2,1-2H3,(H,25,32)(H,26,31)(H,28,30). The van der Waals surface area contributed by atoms with Crippen molar-refractivity contribution in [1.29, 1.82) is 0 Å². The average Bonchev–Trinajstić information content (AvgIpc) is 3.16. The quantitative estimate of drug-likeness (QED) is 0.499. The van der Waals surface area contributed by atoms with Crippen molar-refractivity contribution in [3.8, 4) is 0 Å². The molecule has 3 amide bonds.